The van der Waals surface area contributed by atoms with E-state index < -0.39 is 6.10 Å². The molecule has 1 aromatic heterocycles. The molecule has 1 aliphatic rings. The summed E-state index contributed by atoms with van der Waals surface area (Å²) >= 11 is 7.50. The maximum Gasteiger partial charge on any atom is 0.107 e. The van der Waals surface area contributed by atoms with E-state index >= 15 is 0 Å². The number of benzene rings is 1. The van der Waals surface area contributed by atoms with Crippen LogP contribution < -0.4 is 0 Å². The van der Waals surface area contributed by atoms with Crippen LogP contribution in [0.3, 0.4) is 0 Å². The minimum absolute atomic E-state index is 0.0145. The van der Waals surface area contributed by atoms with E-state index in [4.69, 9.17) is 11.6 Å². The van der Waals surface area contributed by atoms with E-state index in [0.717, 1.165) is 10.6 Å². The Kier molecular flexibility index (Phi) is 4.57. The molecule has 2 aromatic rings. The van der Waals surface area contributed by atoms with Gasteiger partial charge in [-0.1, -0.05) is 23.7 Å². The molecule has 1 aliphatic heterocycles. The summed E-state index contributed by atoms with van der Waals surface area (Å²) in [6, 6.07) is 7.30. The van der Waals surface area contributed by atoms with Gasteiger partial charge in [-0.05, 0) is 17.7 Å². The van der Waals surface area contributed by atoms with Gasteiger partial charge in [0, 0.05) is 29.1 Å². The Morgan fingerprint density at radius 1 is 1.33 bits per heavy atom. The zero-order valence-electron chi connectivity index (χ0n) is 11.4. The molecule has 0 aliphatic carbocycles. The molecule has 112 valence electrons. The molecule has 0 saturated carbocycles. The summed E-state index contributed by atoms with van der Waals surface area (Å²) in [6.07, 6.45) is 1.19. The summed E-state index contributed by atoms with van der Waals surface area (Å²) in [7, 11) is 0. The van der Waals surface area contributed by atoms with Crippen LogP contribution in [0.1, 0.15) is 16.5 Å². The maximum absolute atomic E-state index is 10.5. The molecular formula is C15H17ClN2O2S. The van der Waals surface area contributed by atoms with Crippen molar-refractivity contribution < 1.29 is 10.2 Å². The first kappa shape index (κ1) is 14.9. The number of thiazole rings is 1. The second-order valence-electron chi connectivity index (χ2n) is 5.25. The first-order valence-corrected chi connectivity index (χ1v) is 8.11. The summed E-state index contributed by atoms with van der Waals surface area (Å²) in [6.45, 7) is 1.30. The van der Waals surface area contributed by atoms with E-state index in [-0.39, 0.29) is 18.6 Å². The predicted octanol–water partition coefficient (Wildman–Crippen LogP) is 2.12. The van der Waals surface area contributed by atoms with Gasteiger partial charge in [0.1, 0.15) is 5.01 Å². The Balaban J connectivity index is 1.79. The van der Waals surface area contributed by atoms with Gasteiger partial charge in [-0.15, -0.1) is 11.3 Å². The van der Waals surface area contributed by atoms with Gasteiger partial charge in [0.2, 0.25) is 0 Å². The van der Waals surface area contributed by atoms with Crippen LogP contribution in [0.4, 0.5) is 0 Å². The third-order valence-electron chi connectivity index (χ3n) is 4.01. The number of hydrogen-bond acceptors (Lipinski definition) is 5. The van der Waals surface area contributed by atoms with Gasteiger partial charge in [-0.2, -0.15) is 0 Å². The predicted molar refractivity (Wildman–Crippen MR) is 83.6 cm³/mol. The largest absolute Gasteiger partial charge is 0.395 e. The van der Waals surface area contributed by atoms with Crippen molar-refractivity contribution >= 4 is 22.9 Å². The van der Waals surface area contributed by atoms with Crippen molar-refractivity contribution in [3.8, 4) is 0 Å². The standard InChI is InChI=1S/C15H17ClN2O2S/c16-11-3-1-10(2-4-11)12-7-18(13(9-19)15(12)20)8-14-17-5-6-21-14/h1-6,12-13,15,19-20H,7-9H2/t12-,13-,15-/m1/s1. The van der Waals surface area contributed by atoms with Gasteiger partial charge in [0.25, 0.3) is 0 Å². The molecular weight excluding hydrogens is 308 g/mol. The zero-order chi connectivity index (χ0) is 14.8. The van der Waals surface area contributed by atoms with E-state index in [1.165, 1.54) is 0 Å². The van der Waals surface area contributed by atoms with Crippen LogP contribution in [0.5, 0.6) is 0 Å². The first-order chi connectivity index (χ1) is 10.2. The number of halogens is 1. The molecule has 1 fully saturated rings. The van der Waals surface area contributed by atoms with E-state index in [2.05, 4.69) is 9.88 Å². The second-order valence-corrected chi connectivity index (χ2v) is 6.67. The molecule has 3 atom stereocenters. The molecule has 0 radical (unpaired) electrons. The van der Waals surface area contributed by atoms with E-state index in [9.17, 15) is 10.2 Å². The van der Waals surface area contributed by atoms with Crippen LogP contribution in [0.15, 0.2) is 35.8 Å². The molecule has 6 heteroatoms. The maximum atomic E-state index is 10.5. The summed E-state index contributed by atoms with van der Waals surface area (Å²) in [5, 5.41) is 23.7. The summed E-state index contributed by atoms with van der Waals surface area (Å²) in [5.41, 5.74) is 1.05. The number of rotatable bonds is 4. The molecule has 0 spiro atoms. The lowest BCUT2D eigenvalue weighted by molar-refractivity contribution is 0.0641. The van der Waals surface area contributed by atoms with Crippen LogP contribution in [0, 0.1) is 0 Å². The van der Waals surface area contributed by atoms with Gasteiger partial charge >= 0.3 is 0 Å². The molecule has 2 heterocycles. The molecule has 0 bridgehead atoms. The van der Waals surface area contributed by atoms with Crippen molar-refractivity contribution in [2.45, 2.75) is 24.6 Å². The average molecular weight is 325 g/mol. The van der Waals surface area contributed by atoms with Crippen molar-refractivity contribution in [3.05, 3.63) is 51.4 Å². The Labute approximate surface area is 132 Å². The summed E-state index contributed by atoms with van der Waals surface area (Å²) < 4.78 is 0. The Bertz CT molecular complexity index is 576. The van der Waals surface area contributed by atoms with Gasteiger partial charge in [0.15, 0.2) is 0 Å². The van der Waals surface area contributed by atoms with E-state index in [0.29, 0.717) is 18.1 Å². The van der Waals surface area contributed by atoms with Crippen LogP contribution in [-0.4, -0.2) is 45.4 Å². The Morgan fingerprint density at radius 3 is 2.71 bits per heavy atom. The minimum Gasteiger partial charge on any atom is -0.395 e. The number of aliphatic hydroxyl groups excluding tert-OH is 2. The first-order valence-electron chi connectivity index (χ1n) is 6.86. The lowest BCUT2D eigenvalue weighted by Gasteiger charge is -2.22. The SMILES string of the molecule is OC[C@@H]1[C@H](O)[C@@H](c2ccc(Cl)cc2)CN1Cc1nccs1. The molecule has 0 unspecified atom stereocenters. The number of aliphatic hydroxyl groups is 2. The third kappa shape index (κ3) is 3.12. The van der Waals surface area contributed by atoms with Crippen molar-refractivity contribution in [1.82, 2.24) is 9.88 Å². The van der Waals surface area contributed by atoms with Gasteiger partial charge in [-0.25, -0.2) is 4.98 Å². The Morgan fingerprint density at radius 2 is 2.10 bits per heavy atom. The zero-order valence-corrected chi connectivity index (χ0v) is 13.0. The Hall–Kier alpha value is -0.980. The summed E-state index contributed by atoms with van der Waals surface area (Å²) in [4.78, 5) is 6.38. The molecule has 4 nitrogen and oxygen atoms in total. The smallest absolute Gasteiger partial charge is 0.107 e. The minimum atomic E-state index is -0.587. The number of aromatic nitrogens is 1. The fourth-order valence-corrected chi connectivity index (χ4v) is 3.67. The lowest BCUT2D eigenvalue weighted by Crippen LogP contribution is -2.38. The molecule has 1 aromatic carbocycles. The molecule has 2 N–H and O–H groups in total. The molecule has 1 saturated heterocycles. The monoisotopic (exact) mass is 324 g/mol. The van der Waals surface area contributed by atoms with Crippen LogP contribution in [0.25, 0.3) is 0 Å². The van der Waals surface area contributed by atoms with Crippen molar-refractivity contribution in [3.63, 3.8) is 0 Å². The molecule has 0 amide bonds. The number of likely N-dealkylation sites (tertiary alicyclic amines) is 1. The highest BCUT2D eigenvalue weighted by Gasteiger charge is 2.41. The van der Waals surface area contributed by atoms with E-state index in [1.54, 1.807) is 17.5 Å². The van der Waals surface area contributed by atoms with Gasteiger partial charge < -0.3 is 10.2 Å². The van der Waals surface area contributed by atoms with Crippen LogP contribution in [0.2, 0.25) is 5.02 Å². The topological polar surface area (TPSA) is 56.6 Å². The fourth-order valence-electron chi connectivity index (χ4n) is 2.90. The van der Waals surface area contributed by atoms with E-state index in [1.807, 2.05) is 29.6 Å². The summed E-state index contributed by atoms with van der Waals surface area (Å²) in [5.74, 6) is -0.0145. The quantitative estimate of drug-likeness (QED) is 0.904. The lowest BCUT2D eigenvalue weighted by atomic mass is 9.94. The number of hydrogen-bond donors (Lipinski definition) is 2. The van der Waals surface area contributed by atoms with Crippen molar-refractivity contribution in [2.75, 3.05) is 13.2 Å². The normalized spacial score (nSPS) is 26.3. The second kappa shape index (κ2) is 6.42. The average Bonchev–Trinajstić information content (AvgIpc) is 3.09. The third-order valence-corrected chi connectivity index (χ3v) is 5.03. The van der Waals surface area contributed by atoms with Crippen molar-refractivity contribution in [2.24, 2.45) is 0 Å². The van der Waals surface area contributed by atoms with Crippen molar-refractivity contribution in [1.29, 1.82) is 0 Å². The highest BCUT2D eigenvalue weighted by molar-refractivity contribution is 7.09. The van der Waals surface area contributed by atoms with Crippen LogP contribution in [-0.2, 0) is 6.54 Å². The fraction of sp³-hybridized carbons (Fsp3) is 0.400. The van der Waals surface area contributed by atoms with Crippen LogP contribution >= 0.6 is 22.9 Å². The molecule has 21 heavy (non-hydrogen) atoms. The van der Waals surface area contributed by atoms with Gasteiger partial charge in [0.05, 0.1) is 25.3 Å². The number of nitrogens with zero attached hydrogens (tertiary/aromatic N) is 2. The van der Waals surface area contributed by atoms with Gasteiger partial charge in [-0.3, -0.25) is 4.90 Å². The molecule has 3 rings (SSSR count). The highest BCUT2D eigenvalue weighted by atomic mass is 35.5. The highest BCUT2D eigenvalue weighted by Crippen LogP contribution is 2.33.